The molecule has 3 aliphatic rings. The number of rotatable bonds is 7. The lowest BCUT2D eigenvalue weighted by Crippen LogP contribution is -2.35. The fourth-order valence-electron chi connectivity index (χ4n) is 6.36. The SMILES string of the molecule is Cc1ccc(NC(=O)[C@H]2CN(C(=O)C(F)F)C[C@@H]2c2nnc([C@H]3C[C@@H](CC(C)(C)C)C3)n2C2CC2)c(C)c1. The van der Waals surface area contributed by atoms with Gasteiger partial charge in [-0.25, -0.2) is 0 Å². The van der Waals surface area contributed by atoms with Crippen molar-refractivity contribution < 1.29 is 18.4 Å². The van der Waals surface area contributed by atoms with Crippen molar-refractivity contribution in [2.75, 3.05) is 18.4 Å². The molecule has 0 unspecified atom stereocenters. The van der Waals surface area contributed by atoms with Gasteiger partial charge in [0.05, 0.1) is 11.8 Å². The predicted octanol–water partition coefficient (Wildman–Crippen LogP) is 5.61. The molecular weight excluding hydrogens is 488 g/mol. The van der Waals surface area contributed by atoms with E-state index in [0.717, 1.165) is 47.5 Å². The Bertz CT molecular complexity index is 1210. The zero-order chi connectivity index (χ0) is 27.4. The van der Waals surface area contributed by atoms with Crippen LogP contribution in [0.4, 0.5) is 14.5 Å². The largest absolute Gasteiger partial charge is 0.336 e. The van der Waals surface area contributed by atoms with Crippen molar-refractivity contribution in [1.82, 2.24) is 19.7 Å². The van der Waals surface area contributed by atoms with E-state index in [1.165, 1.54) is 6.42 Å². The number of halogens is 2. The number of benzene rings is 1. The average Bonchev–Trinajstić information content (AvgIpc) is 3.40. The summed E-state index contributed by atoms with van der Waals surface area (Å²) in [6.45, 7) is 10.7. The first-order valence-electron chi connectivity index (χ1n) is 13.8. The Hall–Kier alpha value is -2.84. The summed E-state index contributed by atoms with van der Waals surface area (Å²) in [5.41, 5.74) is 2.97. The number of hydrogen-bond acceptors (Lipinski definition) is 4. The van der Waals surface area contributed by atoms with Crippen LogP contribution >= 0.6 is 0 Å². The first-order chi connectivity index (χ1) is 17.9. The van der Waals surface area contributed by atoms with Crippen LogP contribution in [0.2, 0.25) is 0 Å². The Morgan fingerprint density at radius 3 is 2.37 bits per heavy atom. The van der Waals surface area contributed by atoms with Gasteiger partial charge >= 0.3 is 6.43 Å². The molecule has 1 saturated heterocycles. The van der Waals surface area contributed by atoms with Crippen LogP contribution in [0.1, 0.15) is 93.5 Å². The quantitative estimate of drug-likeness (QED) is 0.508. The number of likely N-dealkylation sites (tertiary alicyclic amines) is 1. The molecule has 7 nitrogen and oxygen atoms in total. The molecule has 1 aromatic carbocycles. The summed E-state index contributed by atoms with van der Waals surface area (Å²) in [5.74, 6) is -0.0990. The van der Waals surface area contributed by atoms with Crippen LogP contribution in [0.3, 0.4) is 0 Å². The van der Waals surface area contributed by atoms with Gasteiger partial charge in [0.15, 0.2) is 0 Å². The number of carbonyl (C=O) groups is 2. The lowest BCUT2D eigenvalue weighted by Gasteiger charge is -2.38. The molecule has 2 aliphatic carbocycles. The molecular formula is C29H39F2N5O2. The maximum atomic E-state index is 13.6. The number of nitrogens with one attached hydrogen (secondary N) is 1. The van der Waals surface area contributed by atoms with Crippen LogP contribution in [0.25, 0.3) is 0 Å². The molecule has 2 saturated carbocycles. The number of nitrogens with zero attached hydrogens (tertiary/aromatic N) is 4. The molecule has 206 valence electrons. The number of alkyl halides is 2. The third kappa shape index (κ3) is 5.47. The Balaban J connectivity index is 1.41. The topological polar surface area (TPSA) is 80.1 Å². The van der Waals surface area contributed by atoms with E-state index in [2.05, 4.69) is 40.9 Å². The highest BCUT2D eigenvalue weighted by atomic mass is 19.3. The minimum absolute atomic E-state index is 0.0380. The van der Waals surface area contributed by atoms with Crippen LogP contribution in [0.5, 0.6) is 0 Å². The van der Waals surface area contributed by atoms with Gasteiger partial charge in [-0.3, -0.25) is 9.59 Å². The molecule has 1 aromatic heterocycles. The molecule has 9 heteroatoms. The summed E-state index contributed by atoms with van der Waals surface area (Å²) < 4.78 is 29.0. The number of aromatic nitrogens is 3. The maximum Gasteiger partial charge on any atom is 0.315 e. The molecule has 0 bridgehead atoms. The fraction of sp³-hybridized carbons (Fsp3) is 0.655. The molecule has 0 radical (unpaired) electrons. The van der Waals surface area contributed by atoms with E-state index in [1.807, 2.05) is 32.0 Å². The average molecular weight is 528 g/mol. The van der Waals surface area contributed by atoms with Gasteiger partial charge in [-0.2, -0.15) is 8.78 Å². The number of amides is 2. The molecule has 0 spiro atoms. The van der Waals surface area contributed by atoms with Crippen molar-refractivity contribution in [1.29, 1.82) is 0 Å². The Kier molecular flexibility index (Phi) is 7.07. The second-order valence-corrected chi connectivity index (χ2v) is 12.9. The van der Waals surface area contributed by atoms with Gasteiger partial charge in [0.1, 0.15) is 11.6 Å². The molecule has 38 heavy (non-hydrogen) atoms. The van der Waals surface area contributed by atoms with Gasteiger partial charge in [-0.15, -0.1) is 10.2 Å². The third-order valence-electron chi connectivity index (χ3n) is 8.29. The lowest BCUT2D eigenvalue weighted by molar-refractivity contribution is -0.141. The molecule has 1 N–H and O–H groups in total. The summed E-state index contributed by atoms with van der Waals surface area (Å²) in [6.07, 6.45) is 2.23. The van der Waals surface area contributed by atoms with Crippen molar-refractivity contribution in [2.24, 2.45) is 17.3 Å². The van der Waals surface area contributed by atoms with Crippen LogP contribution in [-0.4, -0.2) is 51.0 Å². The van der Waals surface area contributed by atoms with E-state index in [-0.39, 0.29) is 30.5 Å². The molecule has 5 rings (SSSR count). The second-order valence-electron chi connectivity index (χ2n) is 12.9. The van der Waals surface area contributed by atoms with E-state index in [9.17, 15) is 18.4 Å². The van der Waals surface area contributed by atoms with E-state index >= 15 is 0 Å². The predicted molar refractivity (Wildman–Crippen MR) is 141 cm³/mol. The fourth-order valence-corrected chi connectivity index (χ4v) is 6.36. The minimum atomic E-state index is -3.11. The minimum Gasteiger partial charge on any atom is -0.336 e. The zero-order valence-corrected chi connectivity index (χ0v) is 23.0. The van der Waals surface area contributed by atoms with E-state index in [4.69, 9.17) is 0 Å². The smallest absolute Gasteiger partial charge is 0.315 e. The Morgan fingerprint density at radius 1 is 1.08 bits per heavy atom. The highest BCUT2D eigenvalue weighted by Gasteiger charge is 2.47. The number of aryl methyl sites for hydroxylation is 2. The van der Waals surface area contributed by atoms with Crippen LogP contribution in [0, 0.1) is 31.1 Å². The van der Waals surface area contributed by atoms with Crippen LogP contribution < -0.4 is 5.32 Å². The highest BCUT2D eigenvalue weighted by Crippen LogP contribution is 2.49. The van der Waals surface area contributed by atoms with Gasteiger partial charge in [0.25, 0.3) is 5.91 Å². The maximum absolute atomic E-state index is 13.6. The summed E-state index contributed by atoms with van der Waals surface area (Å²) in [7, 11) is 0. The molecule has 1 aliphatic heterocycles. The van der Waals surface area contributed by atoms with Crippen LogP contribution in [-0.2, 0) is 9.59 Å². The highest BCUT2D eigenvalue weighted by molar-refractivity contribution is 5.95. The van der Waals surface area contributed by atoms with Gasteiger partial charge in [0.2, 0.25) is 5.91 Å². The first kappa shape index (κ1) is 26.8. The molecule has 3 fully saturated rings. The van der Waals surface area contributed by atoms with Gasteiger partial charge < -0.3 is 14.8 Å². The number of hydrogen-bond donors (Lipinski definition) is 1. The van der Waals surface area contributed by atoms with Gasteiger partial charge in [-0.05, 0) is 68.9 Å². The lowest BCUT2D eigenvalue weighted by atomic mass is 9.68. The standard InChI is InChI=1S/C29H39F2N5O2/c1-16-6-9-23(17(2)10-16)32-27(37)22-15-35(28(38)24(30)31)14-21(22)26-34-33-25(36(26)20-7-8-20)19-11-18(12-19)13-29(3,4)5/h6,9-10,18-22,24H,7-8,11-15H2,1-5H3,(H,32,37)/t18-,19+,21-,22-/m0/s1. The normalized spacial score (nSPS) is 25.5. The summed E-state index contributed by atoms with van der Waals surface area (Å²) in [5, 5.41) is 12.2. The molecule has 2 heterocycles. The first-order valence-corrected chi connectivity index (χ1v) is 13.8. The van der Waals surface area contributed by atoms with E-state index in [1.54, 1.807) is 0 Å². The monoisotopic (exact) mass is 527 g/mol. The number of anilines is 1. The molecule has 2 aromatic rings. The Labute approximate surface area is 223 Å². The summed E-state index contributed by atoms with van der Waals surface area (Å²) >= 11 is 0. The third-order valence-corrected chi connectivity index (χ3v) is 8.29. The van der Waals surface area contributed by atoms with Crippen molar-refractivity contribution in [3.05, 3.63) is 41.0 Å². The van der Waals surface area contributed by atoms with E-state index in [0.29, 0.717) is 23.3 Å². The van der Waals surface area contributed by atoms with Crippen molar-refractivity contribution in [3.63, 3.8) is 0 Å². The van der Waals surface area contributed by atoms with Crippen LogP contribution in [0.15, 0.2) is 18.2 Å². The van der Waals surface area contributed by atoms with Gasteiger partial charge in [-0.1, -0.05) is 38.5 Å². The number of carbonyl (C=O) groups excluding carboxylic acids is 2. The van der Waals surface area contributed by atoms with Crippen molar-refractivity contribution >= 4 is 17.5 Å². The second kappa shape index (κ2) is 10.0. The van der Waals surface area contributed by atoms with Crippen molar-refractivity contribution in [3.8, 4) is 0 Å². The molecule has 2 amide bonds. The molecule has 2 atom stereocenters. The van der Waals surface area contributed by atoms with Crippen molar-refractivity contribution in [2.45, 2.75) is 91.0 Å². The van der Waals surface area contributed by atoms with E-state index < -0.39 is 24.2 Å². The Morgan fingerprint density at radius 2 is 1.76 bits per heavy atom. The summed E-state index contributed by atoms with van der Waals surface area (Å²) in [4.78, 5) is 27.0. The zero-order valence-electron chi connectivity index (χ0n) is 23.0. The summed E-state index contributed by atoms with van der Waals surface area (Å²) in [6, 6.07) is 6.03. The van der Waals surface area contributed by atoms with Gasteiger partial charge in [0, 0.05) is 30.7 Å².